The summed E-state index contributed by atoms with van der Waals surface area (Å²) in [7, 11) is 0. The quantitative estimate of drug-likeness (QED) is 0.392. The molecular weight excluding hydrogens is 312 g/mol. The molecule has 0 aliphatic heterocycles. The fraction of sp³-hybridized carbons (Fsp3) is 0.769. The molecule has 3 rings (SSSR count). The third-order valence-electron chi connectivity index (χ3n) is 7.31. The Morgan fingerprint density at radius 3 is 2.27 bits per heavy atom. The summed E-state index contributed by atoms with van der Waals surface area (Å²) in [6.45, 7) is 4.64. The molecule has 146 valence electrons. The van der Waals surface area contributed by atoms with E-state index in [0.29, 0.717) is 0 Å². The lowest BCUT2D eigenvalue weighted by atomic mass is 9.75. The van der Waals surface area contributed by atoms with Crippen LogP contribution in [0.25, 0.3) is 0 Å². The molecule has 0 heterocycles. The van der Waals surface area contributed by atoms with Gasteiger partial charge in [-0.3, -0.25) is 0 Å². The van der Waals surface area contributed by atoms with Crippen LogP contribution >= 0.6 is 0 Å². The largest absolute Gasteiger partial charge is 0.0654 e. The monoisotopic (exact) mass is 354 g/mol. The number of benzene rings is 1. The Morgan fingerprint density at radius 2 is 1.50 bits per heavy atom. The fourth-order valence-corrected chi connectivity index (χ4v) is 5.49. The molecule has 1 fully saturated rings. The first-order valence-corrected chi connectivity index (χ1v) is 11.9. The van der Waals surface area contributed by atoms with Gasteiger partial charge >= 0.3 is 0 Å². The standard InChI is InChI=1S/C26H42/c1-3-5-7-8-10-22-13-16-26-20-25(18-17-24(26)19-22)23-14-11-21(12-15-23)9-6-4-2/h17-18,20-23H,3-16,19H2,1-2H3/t21-,22?,23-. The molecule has 1 aromatic carbocycles. The van der Waals surface area contributed by atoms with Gasteiger partial charge in [-0.1, -0.05) is 83.4 Å². The molecule has 0 radical (unpaired) electrons. The minimum absolute atomic E-state index is 0.852. The van der Waals surface area contributed by atoms with Crippen molar-refractivity contribution in [1.82, 2.24) is 0 Å². The van der Waals surface area contributed by atoms with E-state index in [2.05, 4.69) is 32.0 Å². The molecule has 0 nitrogen and oxygen atoms in total. The Bertz CT molecular complexity index is 521. The van der Waals surface area contributed by atoms with Gasteiger partial charge in [-0.25, -0.2) is 0 Å². The van der Waals surface area contributed by atoms with Crippen LogP contribution in [0, 0.1) is 11.8 Å². The lowest BCUT2D eigenvalue weighted by Gasteiger charge is -2.30. The van der Waals surface area contributed by atoms with Crippen molar-refractivity contribution in [3.63, 3.8) is 0 Å². The Kier molecular flexibility index (Phi) is 8.08. The molecular formula is C26H42. The normalized spacial score (nSPS) is 25.8. The zero-order chi connectivity index (χ0) is 18.2. The third kappa shape index (κ3) is 5.61. The van der Waals surface area contributed by atoms with Crippen LogP contribution in [0.4, 0.5) is 0 Å². The highest BCUT2D eigenvalue weighted by atomic mass is 14.3. The molecule has 1 unspecified atom stereocenters. The lowest BCUT2D eigenvalue weighted by Crippen LogP contribution is -2.16. The lowest BCUT2D eigenvalue weighted by molar-refractivity contribution is 0.304. The Morgan fingerprint density at radius 1 is 0.731 bits per heavy atom. The topological polar surface area (TPSA) is 0 Å². The van der Waals surface area contributed by atoms with Crippen molar-refractivity contribution in [2.75, 3.05) is 0 Å². The second-order valence-corrected chi connectivity index (χ2v) is 9.35. The summed E-state index contributed by atoms with van der Waals surface area (Å²) in [6.07, 6.45) is 21.4. The summed E-state index contributed by atoms with van der Waals surface area (Å²) in [5.41, 5.74) is 5.04. The highest BCUT2D eigenvalue weighted by molar-refractivity contribution is 5.36. The molecule has 1 atom stereocenters. The molecule has 26 heavy (non-hydrogen) atoms. The van der Waals surface area contributed by atoms with E-state index in [0.717, 1.165) is 17.8 Å². The van der Waals surface area contributed by atoms with Gasteiger partial charge in [0.25, 0.3) is 0 Å². The van der Waals surface area contributed by atoms with Gasteiger partial charge in [0.2, 0.25) is 0 Å². The number of hydrogen-bond donors (Lipinski definition) is 0. The first-order valence-electron chi connectivity index (χ1n) is 11.9. The zero-order valence-electron chi connectivity index (χ0n) is 17.6. The van der Waals surface area contributed by atoms with Gasteiger partial charge in [0.05, 0.1) is 0 Å². The van der Waals surface area contributed by atoms with Gasteiger partial charge in [-0.15, -0.1) is 0 Å². The van der Waals surface area contributed by atoms with Crippen molar-refractivity contribution in [3.05, 3.63) is 34.9 Å². The van der Waals surface area contributed by atoms with E-state index in [1.54, 1.807) is 16.7 Å². The maximum Gasteiger partial charge on any atom is -0.0162 e. The van der Waals surface area contributed by atoms with E-state index in [1.807, 2.05) is 0 Å². The Labute approximate surface area is 163 Å². The van der Waals surface area contributed by atoms with E-state index >= 15 is 0 Å². The molecule has 2 aliphatic carbocycles. The number of hydrogen-bond acceptors (Lipinski definition) is 0. The highest BCUT2D eigenvalue weighted by Crippen LogP contribution is 2.39. The molecule has 1 saturated carbocycles. The summed E-state index contributed by atoms with van der Waals surface area (Å²) in [4.78, 5) is 0. The number of rotatable bonds is 9. The number of unbranched alkanes of at least 4 members (excludes halogenated alkanes) is 4. The van der Waals surface area contributed by atoms with Crippen molar-refractivity contribution in [1.29, 1.82) is 0 Å². The second kappa shape index (κ2) is 10.5. The second-order valence-electron chi connectivity index (χ2n) is 9.35. The van der Waals surface area contributed by atoms with Crippen molar-refractivity contribution >= 4 is 0 Å². The zero-order valence-corrected chi connectivity index (χ0v) is 17.6. The highest BCUT2D eigenvalue weighted by Gasteiger charge is 2.24. The average molecular weight is 355 g/mol. The smallest absolute Gasteiger partial charge is 0.0162 e. The Hall–Kier alpha value is -0.780. The third-order valence-corrected chi connectivity index (χ3v) is 7.31. The summed E-state index contributed by atoms with van der Waals surface area (Å²) in [5, 5.41) is 0. The molecule has 0 N–H and O–H groups in total. The van der Waals surface area contributed by atoms with E-state index in [-0.39, 0.29) is 0 Å². The van der Waals surface area contributed by atoms with Crippen molar-refractivity contribution in [2.24, 2.45) is 11.8 Å². The van der Waals surface area contributed by atoms with E-state index in [4.69, 9.17) is 0 Å². The molecule has 0 aromatic heterocycles. The van der Waals surface area contributed by atoms with Gasteiger partial charge in [0.1, 0.15) is 0 Å². The number of aryl methyl sites for hydroxylation is 1. The molecule has 0 saturated heterocycles. The van der Waals surface area contributed by atoms with E-state index in [1.165, 1.54) is 96.3 Å². The Balaban J connectivity index is 1.49. The van der Waals surface area contributed by atoms with E-state index in [9.17, 15) is 0 Å². The fourth-order valence-electron chi connectivity index (χ4n) is 5.49. The van der Waals surface area contributed by atoms with Gasteiger partial charge in [0, 0.05) is 0 Å². The maximum absolute atomic E-state index is 2.61. The van der Waals surface area contributed by atoms with Crippen LogP contribution in [0.2, 0.25) is 0 Å². The van der Waals surface area contributed by atoms with Gasteiger partial charge < -0.3 is 0 Å². The van der Waals surface area contributed by atoms with Crippen LogP contribution in [0.3, 0.4) is 0 Å². The molecule has 0 amide bonds. The summed E-state index contributed by atoms with van der Waals surface area (Å²) < 4.78 is 0. The first kappa shape index (κ1) is 20.0. The van der Waals surface area contributed by atoms with Crippen LogP contribution in [0.5, 0.6) is 0 Å². The predicted molar refractivity (Wildman–Crippen MR) is 115 cm³/mol. The van der Waals surface area contributed by atoms with Crippen molar-refractivity contribution in [3.8, 4) is 0 Å². The molecule has 2 aliphatic rings. The molecule has 1 aromatic rings. The van der Waals surface area contributed by atoms with Crippen LogP contribution in [0.15, 0.2) is 18.2 Å². The van der Waals surface area contributed by atoms with Gasteiger partial charge in [-0.05, 0) is 79.4 Å². The summed E-state index contributed by atoms with van der Waals surface area (Å²) in [6, 6.07) is 7.61. The number of fused-ring (bicyclic) bond motifs is 1. The summed E-state index contributed by atoms with van der Waals surface area (Å²) in [5.74, 6) is 2.83. The average Bonchev–Trinajstić information content (AvgIpc) is 2.69. The predicted octanol–water partition coefficient (Wildman–Crippen LogP) is 8.23. The van der Waals surface area contributed by atoms with E-state index < -0.39 is 0 Å². The van der Waals surface area contributed by atoms with Crippen LogP contribution in [-0.4, -0.2) is 0 Å². The van der Waals surface area contributed by atoms with Crippen LogP contribution in [-0.2, 0) is 12.8 Å². The summed E-state index contributed by atoms with van der Waals surface area (Å²) >= 11 is 0. The first-order chi connectivity index (χ1) is 12.8. The van der Waals surface area contributed by atoms with Crippen LogP contribution < -0.4 is 0 Å². The molecule has 0 bridgehead atoms. The van der Waals surface area contributed by atoms with Gasteiger partial charge in [-0.2, -0.15) is 0 Å². The van der Waals surface area contributed by atoms with Crippen molar-refractivity contribution in [2.45, 2.75) is 116 Å². The minimum Gasteiger partial charge on any atom is -0.0654 e. The van der Waals surface area contributed by atoms with Crippen molar-refractivity contribution < 1.29 is 0 Å². The molecule has 0 spiro atoms. The molecule has 0 heteroatoms. The SMILES string of the molecule is CCCCCCC1CCc2cc([C@H]3CC[C@H](CCCC)CC3)ccc2C1. The maximum atomic E-state index is 2.61. The van der Waals surface area contributed by atoms with Crippen LogP contribution in [0.1, 0.15) is 120 Å². The van der Waals surface area contributed by atoms with Gasteiger partial charge in [0.15, 0.2) is 0 Å². The minimum atomic E-state index is 0.852.